The zero-order valence-corrected chi connectivity index (χ0v) is 34.6. The van der Waals surface area contributed by atoms with Crippen LogP contribution >= 0.6 is 0 Å². The van der Waals surface area contributed by atoms with Crippen molar-refractivity contribution in [3.8, 4) is 55.6 Å². The lowest BCUT2D eigenvalue weighted by atomic mass is 9.33. The van der Waals surface area contributed by atoms with Crippen LogP contribution in [0.2, 0.25) is 0 Å². The Balaban J connectivity index is 1.19. The van der Waals surface area contributed by atoms with Crippen LogP contribution < -0.4 is 26.2 Å². The topological polar surface area (TPSA) is 6.48 Å². The van der Waals surface area contributed by atoms with Gasteiger partial charge >= 0.3 is 0 Å². The molecule has 3 heteroatoms. The van der Waals surface area contributed by atoms with Crippen LogP contribution in [-0.2, 0) is 0 Å². The smallest absolute Gasteiger partial charge is 0.252 e. The van der Waals surface area contributed by atoms with Crippen LogP contribution in [0.3, 0.4) is 0 Å². The highest BCUT2D eigenvalue weighted by Gasteiger charge is 2.44. The SMILES string of the molecule is c1ccc(-c2ccccc2-c2ccc3c(c2)B2c4ccccc4N(c4ccccc4)c4cc(-c5c(-c6ccccc6)cccc5-c5ccccc5)cc(c42)N3c2ccccc2)cc1. The Hall–Kier alpha value is -8.14. The van der Waals surface area contributed by atoms with Crippen molar-refractivity contribution < 1.29 is 0 Å². The van der Waals surface area contributed by atoms with Gasteiger partial charge in [0.1, 0.15) is 0 Å². The maximum atomic E-state index is 2.52. The molecule has 0 unspecified atom stereocenters. The molecule has 0 saturated heterocycles. The highest BCUT2D eigenvalue weighted by atomic mass is 15.2. The molecule has 2 aliphatic rings. The minimum atomic E-state index is -0.0306. The Morgan fingerprint density at radius 3 is 1.21 bits per heavy atom. The molecule has 0 atom stereocenters. The summed E-state index contributed by atoms with van der Waals surface area (Å²) in [5.74, 6) is 0. The number of benzene rings is 10. The second kappa shape index (κ2) is 15.4. The lowest BCUT2D eigenvalue weighted by Gasteiger charge is -2.44. The largest absolute Gasteiger partial charge is 0.311 e. The van der Waals surface area contributed by atoms with Crippen LogP contribution in [0.1, 0.15) is 0 Å². The molecule has 294 valence electrons. The van der Waals surface area contributed by atoms with E-state index in [1.807, 2.05) is 0 Å². The normalized spacial score (nSPS) is 12.3. The van der Waals surface area contributed by atoms with Crippen LogP contribution in [0.4, 0.5) is 34.1 Å². The van der Waals surface area contributed by atoms with Gasteiger partial charge in [0.15, 0.2) is 0 Å². The quantitative estimate of drug-likeness (QED) is 0.148. The third-order valence-electron chi connectivity index (χ3n) is 12.8. The molecule has 0 spiro atoms. The standard InChI is InChI=1S/C60H41BN2/c1-6-21-42(22-7-1)49-31-16-17-32-50(49)45-37-38-56-54(39-45)61-53-35-18-19-36-55(53)62(47-27-12-4-13-28-47)57-40-46(41-58(60(57)61)63(56)48-29-14-5-15-30-48)59-51(43-23-8-2-9-24-43)33-20-34-52(59)44-25-10-3-11-26-44/h1-41H. The Morgan fingerprint density at radius 2 is 0.667 bits per heavy atom. The minimum Gasteiger partial charge on any atom is -0.311 e. The van der Waals surface area contributed by atoms with Crippen LogP contribution in [0.25, 0.3) is 55.6 Å². The molecule has 0 radical (unpaired) electrons. The Bertz CT molecular complexity index is 3200. The predicted octanol–water partition coefficient (Wildman–Crippen LogP) is 14.1. The monoisotopic (exact) mass is 800 g/mol. The summed E-state index contributed by atoms with van der Waals surface area (Å²) >= 11 is 0. The van der Waals surface area contributed by atoms with Gasteiger partial charge in [0.05, 0.1) is 0 Å². The van der Waals surface area contributed by atoms with Gasteiger partial charge in [-0.3, -0.25) is 0 Å². The third-order valence-corrected chi connectivity index (χ3v) is 12.8. The molecular formula is C60H41BN2. The molecule has 0 bridgehead atoms. The number of nitrogens with zero attached hydrogens (tertiary/aromatic N) is 2. The molecule has 10 aromatic rings. The number of anilines is 6. The molecule has 10 aromatic carbocycles. The summed E-state index contributed by atoms with van der Waals surface area (Å²) in [6.07, 6.45) is 0. The van der Waals surface area contributed by atoms with Gasteiger partial charge in [0.25, 0.3) is 6.71 Å². The molecule has 0 fully saturated rings. The van der Waals surface area contributed by atoms with Crippen molar-refractivity contribution in [3.05, 3.63) is 249 Å². The third kappa shape index (κ3) is 6.20. The van der Waals surface area contributed by atoms with E-state index in [4.69, 9.17) is 0 Å². The highest BCUT2D eigenvalue weighted by Crippen LogP contribution is 2.49. The van der Waals surface area contributed by atoms with E-state index in [9.17, 15) is 0 Å². The number of para-hydroxylation sites is 3. The van der Waals surface area contributed by atoms with Gasteiger partial charge < -0.3 is 9.80 Å². The fourth-order valence-electron chi connectivity index (χ4n) is 10.2. The number of hydrogen-bond donors (Lipinski definition) is 0. The minimum absolute atomic E-state index is 0.0306. The van der Waals surface area contributed by atoms with E-state index in [2.05, 4.69) is 259 Å². The molecule has 12 rings (SSSR count). The van der Waals surface area contributed by atoms with Gasteiger partial charge in [-0.25, -0.2) is 0 Å². The van der Waals surface area contributed by atoms with Crippen LogP contribution in [0.15, 0.2) is 249 Å². The second-order valence-electron chi connectivity index (χ2n) is 16.4. The fourth-order valence-corrected chi connectivity index (χ4v) is 10.2. The molecule has 0 N–H and O–H groups in total. The lowest BCUT2D eigenvalue weighted by Crippen LogP contribution is -2.61. The van der Waals surface area contributed by atoms with Gasteiger partial charge in [-0.1, -0.05) is 200 Å². The first-order valence-electron chi connectivity index (χ1n) is 21.8. The predicted molar refractivity (Wildman–Crippen MR) is 268 cm³/mol. The maximum Gasteiger partial charge on any atom is 0.252 e. The molecular weight excluding hydrogens is 759 g/mol. The van der Waals surface area contributed by atoms with Crippen molar-refractivity contribution in [2.75, 3.05) is 9.80 Å². The summed E-state index contributed by atoms with van der Waals surface area (Å²) in [5.41, 5.74) is 22.9. The van der Waals surface area contributed by atoms with Crippen LogP contribution in [0, 0.1) is 0 Å². The Kier molecular flexibility index (Phi) is 8.97. The van der Waals surface area contributed by atoms with Gasteiger partial charge in [-0.2, -0.15) is 0 Å². The molecule has 0 amide bonds. The Labute approximate surface area is 369 Å². The molecule has 2 nitrogen and oxygen atoms in total. The summed E-state index contributed by atoms with van der Waals surface area (Å²) in [6.45, 7) is -0.0306. The molecule has 0 aliphatic carbocycles. The van der Waals surface area contributed by atoms with E-state index in [1.54, 1.807) is 0 Å². The van der Waals surface area contributed by atoms with E-state index in [-0.39, 0.29) is 6.71 Å². The Morgan fingerprint density at radius 1 is 0.254 bits per heavy atom. The molecule has 2 heterocycles. The summed E-state index contributed by atoms with van der Waals surface area (Å²) in [5, 5.41) is 0. The number of rotatable bonds is 7. The van der Waals surface area contributed by atoms with E-state index in [0.29, 0.717) is 0 Å². The summed E-state index contributed by atoms with van der Waals surface area (Å²) in [4.78, 5) is 5.02. The van der Waals surface area contributed by atoms with Crippen molar-refractivity contribution in [1.82, 2.24) is 0 Å². The lowest BCUT2D eigenvalue weighted by molar-refractivity contribution is 1.25. The average molecular weight is 801 g/mol. The first-order valence-corrected chi connectivity index (χ1v) is 21.8. The van der Waals surface area contributed by atoms with Gasteiger partial charge in [0.2, 0.25) is 0 Å². The number of fused-ring (bicyclic) bond motifs is 4. The van der Waals surface area contributed by atoms with Crippen LogP contribution in [-0.4, -0.2) is 6.71 Å². The van der Waals surface area contributed by atoms with E-state index < -0.39 is 0 Å². The first kappa shape index (κ1) is 36.7. The van der Waals surface area contributed by atoms with Crippen molar-refractivity contribution in [2.24, 2.45) is 0 Å². The average Bonchev–Trinajstić information content (AvgIpc) is 3.37. The van der Waals surface area contributed by atoms with Gasteiger partial charge in [-0.15, -0.1) is 0 Å². The first-order chi connectivity index (χ1) is 31.3. The van der Waals surface area contributed by atoms with Crippen molar-refractivity contribution >= 4 is 57.2 Å². The zero-order chi connectivity index (χ0) is 41.7. The second-order valence-corrected chi connectivity index (χ2v) is 16.4. The van der Waals surface area contributed by atoms with Crippen molar-refractivity contribution in [1.29, 1.82) is 0 Å². The highest BCUT2D eigenvalue weighted by molar-refractivity contribution is 7.00. The van der Waals surface area contributed by atoms with Crippen molar-refractivity contribution in [2.45, 2.75) is 0 Å². The summed E-state index contributed by atoms with van der Waals surface area (Å²) in [6, 6.07) is 91.1. The van der Waals surface area contributed by atoms with E-state index in [0.717, 1.165) is 11.4 Å². The van der Waals surface area contributed by atoms with E-state index in [1.165, 1.54) is 94.8 Å². The molecule has 0 aromatic heterocycles. The van der Waals surface area contributed by atoms with Gasteiger partial charge in [-0.05, 0) is 121 Å². The number of hydrogen-bond acceptors (Lipinski definition) is 2. The van der Waals surface area contributed by atoms with E-state index >= 15 is 0 Å². The van der Waals surface area contributed by atoms with Crippen LogP contribution in [0.5, 0.6) is 0 Å². The summed E-state index contributed by atoms with van der Waals surface area (Å²) in [7, 11) is 0. The zero-order valence-electron chi connectivity index (χ0n) is 34.6. The molecule has 63 heavy (non-hydrogen) atoms. The molecule has 0 saturated carbocycles. The van der Waals surface area contributed by atoms with Crippen molar-refractivity contribution in [3.63, 3.8) is 0 Å². The fraction of sp³-hybridized carbons (Fsp3) is 0. The maximum absolute atomic E-state index is 2.52. The van der Waals surface area contributed by atoms with Gasteiger partial charge in [0, 0.05) is 34.1 Å². The summed E-state index contributed by atoms with van der Waals surface area (Å²) < 4.78 is 0. The molecule has 2 aliphatic heterocycles.